The van der Waals surface area contributed by atoms with Crippen LogP contribution in [0.5, 0.6) is 0 Å². The first-order valence-electron chi connectivity index (χ1n) is 4.23. The molecule has 15 heavy (non-hydrogen) atoms. The first-order valence-corrected chi connectivity index (χ1v) is 5.03. The number of benzene rings is 1. The molecule has 0 N–H and O–H groups in total. The van der Waals surface area contributed by atoms with Gasteiger partial charge in [0.1, 0.15) is 0 Å². The molecule has 0 unspecified atom stereocenters. The van der Waals surface area contributed by atoms with E-state index in [9.17, 15) is 0 Å². The molecule has 0 spiro atoms. The van der Waals surface area contributed by atoms with Gasteiger partial charge < -0.3 is 4.52 Å². The van der Waals surface area contributed by atoms with E-state index in [-0.39, 0.29) is 7.43 Å². The Bertz CT molecular complexity index is 465. The summed E-state index contributed by atoms with van der Waals surface area (Å²) in [7, 11) is 0. The van der Waals surface area contributed by atoms with E-state index in [4.69, 9.17) is 4.52 Å². The molecule has 0 aliphatic carbocycles. The van der Waals surface area contributed by atoms with E-state index in [1.54, 1.807) is 6.92 Å². The summed E-state index contributed by atoms with van der Waals surface area (Å²) in [5.74, 6) is 1.22. The molecule has 0 aliphatic heterocycles. The lowest BCUT2D eigenvalue weighted by atomic mass is 10.1. The standard InChI is InChI=1S/C10H9BrN2O.CH4/c1-6-5-8(3-4-9(6)11)10-12-7(2)14-13-10;/h3-5H,1-2H3;1H4. The Morgan fingerprint density at radius 3 is 2.53 bits per heavy atom. The minimum Gasteiger partial charge on any atom is -0.339 e. The third kappa shape index (κ3) is 2.45. The first-order chi connectivity index (χ1) is 6.66. The van der Waals surface area contributed by atoms with Crippen LogP contribution >= 0.6 is 15.9 Å². The van der Waals surface area contributed by atoms with E-state index < -0.39 is 0 Å². The minimum absolute atomic E-state index is 0. The van der Waals surface area contributed by atoms with E-state index >= 15 is 0 Å². The molecule has 1 aromatic carbocycles. The van der Waals surface area contributed by atoms with Gasteiger partial charge in [0, 0.05) is 17.0 Å². The van der Waals surface area contributed by atoms with Crippen molar-refractivity contribution in [1.29, 1.82) is 0 Å². The molecule has 0 saturated heterocycles. The molecular weight excluding hydrogens is 256 g/mol. The Kier molecular flexibility index (Phi) is 3.63. The van der Waals surface area contributed by atoms with Gasteiger partial charge >= 0.3 is 0 Å². The summed E-state index contributed by atoms with van der Waals surface area (Å²) in [5.41, 5.74) is 2.13. The molecule has 3 nitrogen and oxygen atoms in total. The maximum absolute atomic E-state index is 4.92. The maximum Gasteiger partial charge on any atom is 0.223 e. The highest BCUT2D eigenvalue weighted by molar-refractivity contribution is 9.10. The lowest BCUT2D eigenvalue weighted by Gasteiger charge is -1.99. The van der Waals surface area contributed by atoms with Gasteiger partial charge in [-0.15, -0.1) is 0 Å². The molecule has 0 fully saturated rings. The van der Waals surface area contributed by atoms with Crippen LogP contribution in [0.4, 0.5) is 0 Å². The maximum atomic E-state index is 4.92. The zero-order valence-electron chi connectivity index (χ0n) is 7.91. The molecule has 1 heterocycles. The number of rotatable bonds is 1. The van der Waals surface area contributed by atoms with Crippen LogP contribution in [-0.4, -0.2) is 10.1 Å². The lowest BCUT2D eigenvalue weighted by Crippen LogP contribution is -1.83. The van der Waals surface area contributed by atoms with Crippen LogP contribution in [0.15, 0.2) is 27.2 Å². The quantitative estimate of drug-likeness (QED) is 0.791. The normalized spacial score (nSPS) is 9.80. The Labute approximate surface area is 97.6 Å². The van der Waals surface area contributed by atoms with E-state index in [0.29, 0.717) is 11.7 Å². The third-order valence-electron chi connectivity index (χ3n) is 1.94. The van der Waals surface area contributed by atoms with Gasteiger partial charge in [-0.2, -0.15) is 4.98 Å². The van der Waals surface area contributed by atoms with Crippen molar-refractivity contribution in [2.45, 2.75) is 21.3 Å². The monoisotopic (exact) mass is 268 g/mol. The average molecular weight is 269 g/mol. The third-order valence-corrected chi connectivity index (χ3v) is 2.83. The summed E-state index contributed by atoms with van der Waals surface area (Å²) in [6.45, 7) is 3.81. The molecule has 0 atom stereocenters. The molecule has 2 rings (SSSR count). The van der Waals surface area contributed by atoms with Crippen LogP contribution in [0.3, 0.4) is 0 Å². The average Bonchev–Trinajstić information content (AvgIpc) is 2.57. The van der Waals surface area contributed by atoms with Gasteiger partial charge in [-0.3, -0.25) is 0 Å². The zero-order chi connectivity index (χ0) is 10.1. The Morgan fingerprint density at radius 2 is 2.00 bits per heavy atom. The molecule has 0 aliphatic rings. The number of aromatic nitrogens is 2. The molecule has 2 aromatic rings. The second-order valence-electron chi connectivity index (χ2n) is 3.10. The summed E-state index contributed by atoms with van der Waals surface area (Å²) in [6.07, 6.45) is 0. The predicted octanol–water partition coefficient (Wildman–Crippen LogP) is 3.75. The van der Waals surface area contributed by atoms with Crippen molar-refractivity contribution in [3.05, 3.63) is 34.1 Å². The van der Waals surface area contributed by atoms with Crippen LogP contribution in [0, 0.1) is 13.8 Å². The topological polar surface area (TPSA) is 38.9 Å². The number of nitrogens with zero attached hydrogens (tertiary/aromatic N) is 2. The van der Waals surface area contributed by atoms with Crippen molar-refractivity contribution in [1.82, 2.24) is 10.1 Å². The predicted molar refractivity (Wildman–Crippen MR) is 63.6 cm³/mol. The SMILES string of the molecule is C.Cc1nc(-c2ccc(Br)c(C)c2)no1. The second kappa shape index (κ2) is 4.57. The zero-order valence-corrected chi connectivity index (χ0v) is 9.50. The van der Waals surface area contributed by atoms with Crippen molar-refractivity contribution in [3.63, 3.8) is 0 Å². The minimum atomic E-state index is 0. The Morgan fingerprint density at radius 1 is 1.27 bits per heavy atom. The molecule has 4 heteroatoms. The number of hydrogen-bond acceptors (Lipinski definition) is 3. The van der Waals surface area contributed by atoms with Gasteiger partial charge in [0.25, 0.3) is 0 Å². The highest BCUT2D eigenvalue weighted by Crippen LogP contribution is 2.22. The summed E-state index contributed by atoms with van der Waals surface area (Å²) >= 11 is 3.44. The number of aryl methyl sites for hydroxylation is 2. The Balaban J connectivity index is 0.00000112. The molecule has 0 bridgehead atoms. The van der Waals surface area contributed by atoms with Crippen LogP contribution in [0.1, 0.15) is 18.9 Å². The molecule has 0 radical (unpaired) electrons. The number of halogens is 1. The van der Waals surface area contributed by atoms with Gasteiger partial charge in [0.05, 0.1) is 0 Å². The Hall–Kier alpha value is -1.16. The van der Waals surface area contributed by atoms with Crippen molar-refractivity contribution in [2.24, 2.45) is 0 Å². The highest BCUT2D eigenvalue weighted by atomic mass is 79.9. The van der Waals surface area contributed by atoms with Crippen LogP contribution in [-0.2, 0) is 0 Å². The van der Waals surface area contributed by atoms with Crippen molar-refractivity contribution < 1.29 is 4.52 Å². The van der Waals surface area contributed by atoms with E-state index in [2.05, 4.69) is 26.1 Å². The van der Waals surface area contributed by atoms with Crippen molar-refractivity contribution >= 4 is 15.9 Å². The van der Waals surface area contributed by atoms with E-state index in [1.807, 2.05) is 25.1 Å². The van der Waals surface area contributed by atoms with Crippen LogP contribution < -0.4 is 0 Å². The second-order valence-corrected chi connectivity index (χ2v) is 3.96. The van der Waals surface area contributed by atoms with Gasteiger partial charge in [-0.25, -0.2) is 0 Å². The van der Waals surface area contributed by atoms with Gasteiger partial charge in [0.2, 0.25) is 11.7 Å². The lowest BCUT2D eigenvalue weighted by molar-refractivity contribution is 0.394. The summed E-state index contributed by atoms with van der Waals surface area (Å²) in [6, 6.07) is 5.96. The summed E-state index contributed by atoms with van der Waals surface area (Å²) in [5, 5.41) is 3.86. The fraction of sp³-hybridized carbons (Fsp3) is 0.273. The van der Waals surface area contributed by atoms with Gasteiger partial charge in [-0.1, -0.05) is 28.5 Å². The van der Waals surface area contributed by atoms with E-state index in [1.165, 1.54) is 0 Å². The molecule has 80 valence electrons. The molecule has 1 aromatic heterocycles. The van der Waals surface area contributed by atoms with Crippen molar-refractivity contribution in [2.75, 3.05) is 0 Å². The highest BCUT2D eigenvalue weighted by Gasteiger charge is 2.06. The smallest absolute Gasteiger partial charge is 0.223 e. The van der Waals surface area contributed by atoms with Crippen molar-refractivity contribution in [3.8, 4) is 11.4 Å². The fourth-order valence-corrected chi connectivity index (χ4v) is 1.45. The molecular formula is C11H13BrN2O. The first kappa shape index (κ1) is 11.9. The number of hydrogen-bond donors (Lipinski definition) is 0. The summed E-state index contributed by atoms with van der Waals surface area (Å²) in [4.78, 5) is 4.16. The van der Waals surface area contributed by atoms with E-state index in [0.717, 1.165) is 15.6 Å². The molecule has 0 amide bonds. The van der Waals surface area contributed by atoms with Crippen LogP contribution in [0.2, 0.25) is 0 Å². The fourth-order valence-electron chi connectivity index (χ4n) is 1.20. The van der Waals surface area contributed by atoms with Gasteiger partial charge in [-0.05, 0) is 30.7 Å². The largest absolute Gasteiger partial charge is 0.339 e. The van der Waals surface area contributed by atoms with Gasteiger partial charge in [0.15, 0.2) is 0 Å². The summed E-state index contributed by atoms with van der Waals surface area (Å²) < 4.78 is 6.00. The molecule has 0 saturated carbocycles. The van der Waals surface area contributed by atoms with Crippen LogP contribution in [0.25, 0.3) is 11.4 Å².